The van der Waals surface area contributed by atoms with E-state index in [-0.39, 0.29) is 11.9 Å². The van der Waals surface area contributed by atoms with Crippen molar-refractivity contribution in [3.05, 3.63) is 0 Å². The Hall–Kier alpha value is -1.17. The largest absolute Gasteiger partial charge is 0.254 e. The summed E-state index contributed by atoms with van der Waals surface area (Å²) in [5.41, 5.74) is 0. The zero-order valence-corrected chi connectivity index (χ0v) is 6.50. The normalized spacial score (nSPS) is 12.5. The highest BCUT2D eigenvalue weighted by Crippen LogP contribution is 1.88. The maximum Gasteiger partial charge on any atom is 0.227 e. The molecule has 0 saturated heterocycles. The van der Waals surface area contributed by atoms with Crippen molar-refractivity contribution in [3.63, 3.8) is 0 Å². The summed E-state index contributed by atoms with van der Waals surface area (Å²) in [6, 6.07) is 2.02. The Bertz CT molecular complexity index is 184. The molecule has 0 aromatic rings. The van der Waals surface area contributed by atoms with E-state index >= 15 is 0 Å². The van der Waals surface area contributed by atoms with Gasteiger partial charge in [0.15, 0.2) is 0 Å². The number of aliphatic imine (C=N–C) groups is 2. The van der Waals surface area contributed by atoms with Crippen molar-refractivity contribution < 1.29 is 0 Å². The first-order chi connectivity index (χ1) is 4.70. The minimum absolute atomic E-state index is 0.137. The molecule has 0 heterocycles. The summed E-state index contributed by atoms with van der Waals surface area (Å²) in [6.07, 6.45) is 1.56. The van der Waals surface area contributed by atoms with Crippen LogP contribution in [-0.2, 0) is 0 Å². The third-order valence-corrected chi connectivity index (χ3v) is 0.732. The van der Waals surface area contributed by atoms with Crippen LogP contribution < -0.4 is 0 Å². The molecule has 0 amide bonds. The van der Waals surface area contributed by atoms with Crippen LogP contribution in [0.3, 0.4) is 0 Å². The lowest BCUT2D eigenvalue weighted by molar-refractivity contribution is 0.836. The van der Waals surface area contributed by atoms with Crippen LogP contribution in [0.25, 0.3) is 0 Å². The average Bonchev–Trinajstić information content (AvgIpc) is 1.86. The van der Waals surface area contributed by atoms with Gasteiger partial charge in [0.05, 0.1) is 0 Å². The summed E-state index contributed by atoms with van der Waals surface area (Å²) in [5, 5.41) is 8.41. The molecular formula is C7H11N3. The van der Waals surface area contributed by atoms with Gasteiger partial charge in [-0.15, -0.1) is 0 Å². The molecule has 0 aliphatic heterocycles. The predicted molar refractivity (Wildman–Crippen MR) is 42.4 cm³/mol. The van der Waals surface area contributed by atoms with Crippen molar-refractivity contribution in [1.82, 2.24) is 0 Å². The molecule has 10 heavy (non-hydrogen) atoms. The molecule has 54 valence electrons. The SMILES string of the molecule is CC=NC(C#N)=NC(C)C. The van der Waals surface area contributed by atoms with Crippen molar-refractivity contribution in [2.75, 3.05) is 0 Å². The number of nitriles is 1. The summed E-state index contributed by atoms with van der Waals surface area (Å²) >= 11 is 0. The van der Waals surface area contributed by atoms with Crippen LogP contribution in [0.2, 0.25) is 0 Å². The van der Waals surface area contributed by atoms with E-state index in [0.29, 0.717) is 0 Å². The van der Waals surface area contributed by atoms with Crippen LogP contribution >= 0.6 is 0 Å². The van der Waals surface area contributed by atoms with Crippen molar-refractivity contribution in [2.24, 2.45) is 9.98 Å². The fraction of sp³-hybridized carbons (Fsp3) is 0.571. The highest BCUT2D eigenvalue weighted by molar-refractivity contribution is 6.00. The van der Waals surface area contributed by atoms with Gasteiger partial charge < -0.3 is 0 Å². The minimum Gasteiger partial charge on any atom is -0.254 e. The second-order valence-electron chi connectivity index (χ2n) is 2.05. The third kappa shape index (κ3) is 3.79. The van der Waals surface area contributed by atoms with Crippen LogP contribution in [0.5, 0.6) is 0 Å². The molecule has 0 aliphatic carbocycles. The van der Waals surface area contributed by atoms with Gasteiger partial charge in [0, 0.05) is 12.3 Å². The zero-order chi connectivity index (χ0) is 7.98. The molecule has 0 fully saturated rings. The topological polar surface area (TPSA) is 48.5 Å². The molecule has 0 spiro atoms. The summed E-state index contributed by atoms with van der Waals surface area (Å²) in [4.78, 5) is 7.69. The average molecular weight is 137 g/mol. The number of nitrogens with zero attached hydrogens (tertiary/aromatic N) is 3. The molecule has 0 N–H and O–H groups in total. The van der Waals surface area contributed by atoms with Gasteiger partial charge in [-0.1, -0.05) is 0 Å². The van der Waals surface area contributed by atoms with E-state index in [2.05, 4.69) is 9.98 Å². The molecular weight excluding hydrogens is 126 g/mol. The molecule has 0 aliphatic rings. The molecule has 3 heteroatoms. The van der Waals surface area contributed by atoms with E-state index in [1.807, 2.05) is 19.9 Å². The van der Waals surface area contributed by atoms with Gasteiger partial charge in [-0.05, 0) is 20.8 Å². The molecule has 0 aromatic heterocycles. The molecule has 0 aromatic carbocycles. The second-order valence-corrected chi connectivity index (χ2v) is 2.05. The zero-order valence-electron chi connectivity index (χ0n) is 6.50. The van der Waals surface area contributed by atoms with E-state index < -0.39 is 0 Å². The first-order valence-corrected chi connectivity index (χ1v) is 3.17. The van der Waals surface area contributed by atoms with Gasteiger partial charge in [-0.3, -0.25) is 4.99 Å². The van der Waals surface area contributed by atoms with Gasteiger partial charge in [0.1, 0.15) is 6.07 Å². The van der Waals surface area contributed by atoms with Crippen LogP contribution in [0.15, 0.2) is 9.98 Å². The molecule has 0 radical (unpaired) electrons. The summed E-state index contributed by atoms with van der Waals surface area (Å²) in [7, 11) is 0. The van der Waals surface area contributed by atoms with Gasteiger partial charge in [-0.2, -0.15) is 5.26 Å². The maximum absolute atomic E-state index is 8.41. The lowest BCUT2D eigenvalue weighted by Crippen LogP contribution is -1.96. The van der Waals surface area contributed by atoms with Gasteiger partial charge in [0.25, 0.3) is 0 Å². The standard InChI is InChI=1S/C7H11N3/c1-4-9-7(5-8)10-6(2)3/h4,6H,1-3H3. The number of amidine groups is 1. The quantitative estimate of drug-likeness (QED) is 0.398. The van der Waals surface area contributed by atoms with Gasteiger partial charge in [0.2, 0.25) is 5.84 Å². The fourth-order valence-corrected chi connectivity index (χ4v) is 0.458. The van der Waals surface area contributed by atoms with E-state index in [4.69, 9.17) is 5.26 Å². The van der Waals surface area contributed by atoms with Gasteiger partial charge in [-0.25, -0.2) is 4.99 Å². The number of hydrogen-bond acceptors (Lipinski definition) is 2. The van der Waals surface area contributed by atoms with E-state index in [9.17, 15) is 0 Å². The number of hydrogen-bond donors (Lipinski definition) is 0. The van der Waals surface area contributed by atoms with Crippen LogP contribution in [-0.4, -0.2) is 18.1 Å². The monoisotopic (exact) mass is 137 g/mol. The molecule has 3 nitrogen and oxygen atoms in total. The Kier molecular flexibility index (Phi) is 4.14. The molecule has 0 atom stereocenters. The molecule has 0 bridgehead atoms. The number of rotatable bonds is 1. The lowest BCUT2D eigenvalue weighted by Gasteiger charge is -1.92. The van der Waals surface area contributed by atoms with E-state index in [0.717, 1.165) is 0 Å². The second kappa shape index (κ2) is 4.68. The smallest absolute Gasteiger partial charge is 0.227 e. The van der Waals surface area contributed by atoms with E-state index in [1.54, 1.807) is 13.1 Å². The van der Waals surface area contributed by atoms with Crippen molar-refractivity contribution in [3.8, 4) is 6.07 Å². The Balaban J connectivity index is 4.23. The summed E-state index contributed by atoms with van der Waals surface area (Å²) < 4.78 is 0. The fourth-order valence-electron chi connectivity index (χ4n) is 0.458. The first kappa shape index (κ1) is 8.83. The summed E-state index contributed by atoms with van der Waals surface area (Å²) in [5.74, 6) is 0.248. The van der Waals surface area contributed by atoms with E-state index in [1.165, 1.54) is 0 Å². The van der Waals surface area contributed by atoms with Crippen molar-refractivity contribution in [1.29, 1.82) is 5.26 Å². The molecule has 0 unspecified atom stereocenters. The Morgan fingerprint density at radius 3 is 2.50 bits per heavy atom. The minimum atomic E-state index is 0.137. The molecule has 0 rings (SSSR count). The van der Waals surface area contributed by atoms with Crippen molar-refractivity contribution in [2.45, 2.75) is 26.8 Å². The lowest BCUT2D eigenvalue weighted by atomic mass is 10.4. The first-order valence-electron chi connectivity index (χ1n) is 3.17. The maximum atomic E-state index is 8.41. The Morgan fingerprint density at radius 1 is 1.60 bits per heavy atom. The highest BCUT2D eigenvalue weighted by atomic mass is 14.9. The van der Waals surface area contributed by atoms with Crippen LogP contribution in [0, 0.1) is 11.3 Å². The van der Waals surface area contributed by atoms with Gasteiger partial charge >= 0.3 is 0 Å². The Morgan fingerprint density at radius 2 is 2.20 bits per heavy atom. The molecule has 0 saturated carbocycles. The Labute approximate surface area is 61.1 Å². The van der Waals surface area contributed by atoms with Crippen molar-refractivity contribution >= 4 is 12.1 Å². The van der Waals surface area contributed by atoms with Crippen LogP contribution in [0.4, 0.5) is 0 Å². The predicted octanol–water partition coefficient (Wildman–Crippen LogP) is 1.41. The highest BCUT2D eigenvalue weighted by Gasteiger charge is 1.92. The summed E-state index contributed by atoms with van der Waals surface area (Å²) in [6.45, 7) is 5.57. The van der Waals surface area contributed by atoms with Crippen LogP contribution in [0.1, 0.15) is 20.8 Å². The third-order valence-electron chi connectivity index (χ3n) is 0.732.